The SMILES string of the molecule is Fc1ccc(Cl)cc1CNOCc1ccccc1. The van der Waals surface area contributed by atoms with Gasteiger partial charge in [-0.15, -0.1) is 0 Å². The highest BCUT2D eigenvalue weighted by Gasteiger charge is 2.02. The molecule has 0 spiro atoms. The third kappa shape index (κ3) is 3.81. The van der Waals surface area contributed by atoms with Crippen molar-refractivity contribution >= 4 is 11.6 Å². The van der Waals surface area contributed by atoms with E-state index < -0.39 is 0 Å². The quantitative estimate of drug-likeness (QED) is 0.657. The number of rotatable bonds is 5. The van der Waals surface area contributed by atoms with Gasteiger partial charge in [-0.05, 0) is 23.8 Å². The Morgan fingerprint density at radius 1 is 1.11 bits per heavy atom. The summed E-state index contributed by atoms with van der Waals surface area (Å²) < 4.78 is 13.4. The van der Waals surface area contributed by atoms with Gasteiger partial charge in [0.15, 0.2) is 0 Å². The smallest absolute Gasteiger partial charge is 0.127 e. The molecule has 0 unspecified atom stereocenters. The topological polar surface area (TPSA) is 21.3 Å². The van der Waals surface area contributed by atoms with Crippen molar-refractivity contribution in [2.24, 2.45) is 0 Å². The second-order valence-corrected chi connectivity index (χ2v) is 4.27. The molecule has 18 heavy (non-hydrogen) atoms. The lowest BCUT2D eigenvalue weighted by Crippen LogP contribution is -2.14. The van der Waals surface area contributed by atoms with E-state index in [4.69, 9.17) is 16.4 Å². The fraction of sp³-hybridized carbons (Fsp3) is 0.143. The Hall–Kier alpha value is -1.42. The Balaban J connectivity index is 1.80. The van der Waals surface area contributed by atoms with Gasteiger partial charge in [0.1, 0.15) is 5.82 Å². The summed E-state index contributed by atoms with van der Waals surface area (Å²) >= 11 is 5.79. The highest BCUT2D eigenvalue weighted by Crippen LogP contribution is 2.14. The maximum Gasteiger partial charge on any atom is 0.127 e. The molecule has 2 aromatic carbocycles. The van der Waals surface area contributed by atoms with Crippen molar-refractivity contribution in [2.75, 3.05) is 0 Å². The summed E-state index contributed by atoms with van der Waals surface area (Å²) in [5.74, 6) is -0.296. The molecule has 0 radical (unpaired) electrons. The van der Waals surface area contributed by atoms with E-state index in [1.807, 2.05) is 30.3 Å². The first-order chi connectivity index (χ1) is 8.75. The van der Waals surface area contributed by atoms with E-state index in [1.165, 1.54) is 12.1 Å². The molecule has 0 saturated carbocycles. The highest BCUT2D eigenvalue weighted by molar-refractivity contribution is 6.30. The van der Waals surface area contributed by atoms with Crippen LogP contribution in [0.15, 0.2) is 48.5 Å². The molecular weight excluding hydrogens is 253 g/mol. The minimum absolute atomic E-state index is 0.277. The largest absolute Gasteiger partial charge is 0.297 e. The molecule has 0 aromatic heterocycles. The highest BCUT2D eigenvalue weighted by atomic mass is 35.5. The first kappa shape index (κ1) is 13.0. The Bertz CT molecular complexity index is 504. The fourth-order valence-corrected chi connectivity index (χ4v) is 1.71. The maximum atomic E-state index is 13.4. The predicted molar refractivity (Wildman–Crippen MR) is 69.5 cm³/mol. The molecule has 0 heterocycles. The lowest BCUT2D eigenvalue weighted by molar-refractivity contribution is 0.0230. The average Bonchev–Trinajstić information content (AvgIpc) is 2.40. The Morgan fingerprint density at radius 3 is 2.67 bits per heavy atom. The molecule has 0 aliphatic heterocycles. The van der Waals surface area contributed by atoms with Gasteiger partial charge in [0.25, 0.3) is 0 Å². The fourth-order valence-electron chi connectivity index (χ4n) is 1.52. The van der Waals surface area contributed by atoms with E-state index in [2.05, 4.69) is 5.48 Å². The van der Waals surface area contributed by atoms with Gasteiger partial charge in [-0.3, -0.25) is 4.84 Å². The van der Waals surface area contributed by atoms with Crippen LogP contribution in [-0.4, -0.2) is 0 Å². The Morgan fingerprint density at radius 2 is 1.89 bits per heavy atom. The first-order valence-corrected chi connectivity index (χ1v) is 5.96. The molecule has 1 N–H and O–H groups in total. The minimum Gasteiger partial charge on any atom is -0.297 e. The van der Waals surface area contributed by atoms with Crippen molar-refractivity contribution in [1.29, 1.82) is 0 Å². The Kier molecular flexibility index (Phi) is 4.70. The van der Waals surface area contributed by atoms with Crippen molar-refractivity contribution in [3.63, 3.8) is 0 Å². The van der Waals surface area contributed by atoms with E-state index in [-0.39, 0.29) is 12.4 Å². The van der Waals surface area contributed by atoms with Crippen LogP contribution in [0.5, 0.6) is 0 Å². The molecule has 0 saturated heterocycles. The molecule has 0 atom stereocenters. The number of hydrogen-bond acceptors (Lipinski definition) is 2. The Labute approximate surface area is 110 Å². The molecule has 4 heteroatoms. The lowest BCUT2D eigenvalue weighted by Gasteiger charge is -2.07. The molecule has 2 rings (SSSR count). The molecule has 94 valence electrons. The van der Waals surface area contributed by atoms with Gasteiger partial charge >= 0.3 is 0 Å². The molecular formula is C14H13ClFNO. The van der Waals surface area contributed by atoms with Crippen LogP contribution in [0.3, 0.4) is 0 Å². The van der Waals surface area contributed by atoms with Crippen LogP contribution in [0.2, 0.25) is 5.02 Å². The zero-order valence-electron chi connectivity index (χ0n) is 9.70. The minimum atomic E-state index is -0.296. The van der Waals surface area contributed by atoms with Crippen LogP contribution in [-0.2, 0) is 18.0 Å². The number of hydroxylamine groups is 1. The summed E-state index contributed by atoms with van der Waals surface area (Å²) in [4.78, 5) is 5.26. The summed E-state index contributed by atoms with van der Waals surface area (Å²) in [6.07, 6.45) is 0. The molecule has 0 amide bonds. The second kappa shape index (κ2) is 6.50. The average molecular weight is 266 g/mol. The first-order valence-electron chi connectivity index (χ1n) is 5.58. The summed E-state index contributed by atoms with van der Waals surface area (Å²) in [5, 5.41) is 0.510. The van der Waals surface area contributed by atoms with Crippen molar-refractivity contribution in [3.8, 4) is 0 Å². The second-order valence-electron chi connectivity index (χ2n) is 3.83. The summed E-state index contributed by atoms with van der Waals surface area (Å²) in [6, 6.07) is 14.2. The summed E-state index contributed by atoms with van der Waals surface area (Å²) in [6.45, 7) is 0.711. The summed E-state index contributed by atoms with van der Waals surface area (Å²) in [5.41, 5.74) is 4.25. The van der Waals surface area contributed by atoms with Gasteiger partial charge in [0.05, 0.1) is 6.61 Å². The molecule has 0 aliphatic rings. The third-order valence-electron chi connectivity index (χ3n) is 2.45. The van der Waals surface area contributed by atoms with Gasteiger partial charge in [-0.2, -0.15) is 5.48 Å². The van der Waals surface area contributed by atoms with E-state index in [1.54, 1.807) is 6.07 Å². The van der Waals surface area contributed by atoms with Crippen molar-refractivity contribution < 1.29 is 9.23 Å². The van der Waals surface area contributed by atoms with E-state index >= 15 is 0 Å². The summed E-state index contributed by atoms with van der Waals surface area (Å²) in [7, 11) is 0. The number of halogens is 2. The van der Waals surface area contributed by atoms with Crippen molar-refractivity contribution in [3.05, 3.63) is 70.5 Å². The van der Waals surface area contributed by atoms with E-state index in [9.17, 15) is 4.39 Å². The van der Waals surface area contributed by atoms with Crippen molar-refractivity contribution in [2.45, 2.75) is 13.2 Å². The van der Waals surface area contributed by atoms with Crippen LogP contribution in [0.4, 0.5) is 4.39 Å². The van der Waals surface area contributed by atoms with Crippen LogP contribution >= 0.6 is 11.6 Å². The van der Waals surface area contributed by atoms with Gasteiger partial charge in [0.2, 0.25) is 0 Å². The van der Waals surface area contributed by atoms with Gasteiger partial charge in [0, 0.05) is 17.1 Å². The zero-order chi connectivity index (χ0) is 12.8. The van der Waals surface area contributed by atoms with Crippen LogP contribution in [0.1, 0.15) is 11.1 Å². The van der Waals surface area contributed by atoms with Gasteiger partial charge in [-0.25, -0.2) is 4.39 Å². The molecule has 2 nitrogen and oxygen atoms in total. The van der Waals surface area contributed by atoms with Crippen LogP contribution in [0.25, 0.3) is 0 Å². The van der Waals surface area contributed by atoms with E-state index in [0.29, 0.717) is 17.2 Å². The normalized spacial score (nSPS) is 10.6. The predicted octanol–water partition coefficient (Wildman–Crippen LogP) is 3.70. The maximum absolute atomic E-state index is 13.4. The van der Waals surface area contributed by atoms with E-state index in [0.717, 1.165) is 5.56 Å². The molecule has 0 fully saturated rings. The van der Waals surface area contributed by atoms with Gasteiger partial charge < -0.3 is 0 Å². The van der Waals surface area contributed by atoms with Crippen LogP contribution < -0.4 is 5.48 Å². The number of benzene rings is 2. The standard InChI is InChI=1S/C14H13ClFNO/c15-13-6-7-14(16)12(8-13)9-17-18-10-11-4-2-1-3-5-11/h1-8,17H,9-10H2. The molecule has 2 aromatic rings. The van der Waals surface area contributed by atoms with Crippen LogP contribution in [0, 0.1) is 5.82 Å². The van der Waals surface area contributed by atoms with Gasteiger partial charge in [-0.1, -0.05) is 41.9 Å². The molecule has 0 bridgehead atoms. The third-order valence-corrected chi connectivity index (χ3v) is 2.69. The zero-order valence-corrected chi connectivity index (χ0v) is 10.5. The lowest BCUT2D eigenvalue weighted by atomic mass is 10.2. The number of hydrogen-bond donors (Lipinski definition) is 1. The monoisotopic (exact) mass is 265 g/mol. The molecule has 0 aliphatic carbocycles. The number of nitrogens with one attached hydrogen (secondary N) is 1. The van der Waals surface area contributed by atoms with Crippen molar-refractivity contribution in [1.82, 2.24) is 5.48 Å².